The molecule has 1 aromatic rings. The number of halogens is 5. The average Bonchev–Trinajstić information content (AvgIpc) is 3.03. The Kier molecular flexibility index (Phi) is 10.6. The smallest absolute Gasteiger partial charge is 0.295 e. The van der Waals surface area contributed by atoms with Gasteiger partial charge in [0.15, 0.2) is 5.78 Å². The molecule has 2 fully saturated rings. The number of piperazine rings is 1. The van der Waals surface area contributed by atoms with E-state index in [1.807, 2.05) is 6.92 Å². The molecule has 1 aromatic carbocycles. The normalized spacial score (nSPS) is 20.1. The second-order valence-electron chi connectivity index (χ2n) is 9.45. The van der Waals surface area contributed by atoms with E-state index in [9.17, 15) is 30.8 Å². The second kappa shape index (κ2) is 12.3. The monoisotopic (exact) mass is 542 g/mol. The first-order chi connectivity index (χ1) is 16.0. The van der Waals surface area contributed by atoms with Gasteiger partial charge in [0.05, 0.1) is 11.3 Å². The molecule has 0 atom stereocenters. The van der Waals surface area contributed by atoms with Crippen LogP contribution in [0.25, 0.3) is 0 Å². The Hall–Kier alpha value is -1.23. The van der Waals surface area contributed by atoms with Gasteiger partial charge in [-0.1, -0.05) is 32.6 Å². The van der Waals surface area contributed by atoms with Crippen molar-refractivity contribution in [3.63, 3.8) is 0 Å². The molecule has 5 nitrogen and oxygen atoms in total. The first-order valence-corrected chi connectivity index (χ1v) is 13.7. The van der Waals surface area contributed by atoms with Gasteiger partial charge in [-0.2, -0.15) is 17.5 Å². The Balaban J connectivity index is 0.00000432. The van der Waals surface area contributed by atoms with Gasteiger partial charge in [-0.25, -0.2) is 12.8 Å². The summed E-state index contributed by atoms with van der Waals surface area (Å²) in [5.41, 5.74) is -2.07. The molecule has 1 saturated carbocycles. The minimum absolute atomic E-state index is 0. The molecule has 0 unspecified atom stereocenters. The highest BCUT2D eigenvalue weighted by atomic mass is 35.5. The van der Waals surface area contributed by atoms with Gasteiger partial charge in [0, 0.05) is 43.7 Å². The van der Waals surface area contributed by atoms with Crippen LogP contribution < -0.4 is 0 Å². The zero-order chi connectivity index (χ0) is 25.0. The molecule has 0 spiro atoms. The summed E-state index contributed by atoms with van der Waals surface area (Å²) in [6.07, 6.45) is 1.80. The summed E-state index contributed by atoms with van der Waals surface area (Å²) in [7, 11) is -3.28. The summed E-state index contributed by atoms with van der Waals surface area (Å²) in [6.45, 7) is 3.68. The Bertz CT molecular complexity index is 956. The molecule has 0 amide bonds. The van der Waals surface area contributed by atoms with Crippen LogP contribution in [0.1, 0.15) is 80.6 Å². The van der Waals surface area contributed by atoms with Crippen LogP contribution in [0, 0.1) is 5.82 Å². The van der Waals surface area contributed by atoms with Crippen molar-refractivity contribution in [1.29, 1.82) is 0 Å². The van der Waals surface area contributed by atoms with Crippen molar-refractivity contribution in [3.05, 3.63) is 35.1 Å². The molecular formula is C24H35ClF4N2O3S. The first-order valence-electron chi connectivity index (χ1n) is 12.1. The maximum Gasteiger partial charge on any atom is 0.417 e. The number of nitrogens with zero attached hydrogens (tertiary/aromatic N) is 2. The van der Waals surface area contributed by atoms with E-state index in [0.29, 0.717) is 45.1 Å². The lowest BCUT2D eigenvalue weighted by atomic mass is 9.81. The van der Waals surface area contributed by atoms with Crippen LogP contribution in [-0.4, -0.2) is 60.9 Å². The molecule has 0 N–H and O–H groups in total. The Morgan fingerprint density at radius 3 is 2.17 bits per heavy atom. The highest BCUT2D eigenvalue weighted by Crippen LogP contribution is 2.39. The van der Waals surface area contributed by atoms with Crippen LogP contribution >= 0.6 is 12.4 Å². The fourth-order valence-electron chi connectivity index (χ4n) is 5.41. The van der Waals surface area contributed by atoms with Gasteiger partial charge in [0.1, 0.15) is 5.82 Å². The van der Waals surface area contributed by atoms with E-state index in [0.717, 1.165) is 50.7 Å². The lowest BCUT2D eigenvalue weighted by Crippen LogP contribution is -2.58. The number of alkyl halides is 3. The van der Waals surface area contributed by atoms with Gasteiger partial charge in [0.2, 0.25) is 10.0 Å². The fraction of sp³-hybridized carbons (Fsp3) is 0.708. The number of benzene rings is 1. The number of ketones is 1. The predicted octanol–water partition coefficient (Wildman–Crippen LogP) is 5.68. The van der Waals surface area contributed by atoms with Crippen molar-refractivity contribution in [2.24, 2.45) is 0 Å². The number of hydrogen-bond acceptors (Lipinski definition) is 4. The van der Waals surface area contributed by atoms with Crippen LogP contribution in [0.5, 0.6) is 0 Å². The standard InChI is InChI=1S/C24H34F4N2O3S.ClH/c1-2-17-34(32,33)30-15-13-29(14-16-30)23(10-5-3-4-6-11-23)12-9-22(31)20-8-7-19(25)18-21(20)24(26,27)28;/h7-8,18H,2-6,9-17H2,1H3;1H. The third-order valence-corrected chi connectivity index (χ3v) is 9.28. The zero-order valence-electron chi connectivity index (χ0n) is 20.1. The fourth-order valence-corrected chi connectivity index (χ4v) is 6.91. The van der Waals surface area contributed by atoms with Crippen LogP contribution in [0.3, 0.4) is 0 Å². The second-order valence-corrected chi connectivity index (χ2v) is 11.5. The summed E-state index contributed by atoms with van der Waals surface area (Å²) < 4.78 is 80.1. The summed E-state index contributed by atoms with van der Waals surface area (Å²) in [6, 6.07) is 2.20. The minimum Gasteiger partial charge on any atom is -0.295 e. The topological polar surface area (TPSA) is 57.7 Å². The molecule has 3 rings (SSSR count). The molecule has 35 heavy (non-hydrogen) atoms. The van der Waals surface area contributed by atoms with Crippen LogP contribution in [0.2, 0.25) is 0 Å². The van der Waals surface area contributed by atoms with Gasteiger partial charge in [-0.3, -0.25) is 9.69 Å². The number of Topliss-reactive ketones (excluding diaryl/α,β-unsaturated/α-hetero) is 1. The summed E-state index contributed by atoms with van der Waals surface area (Å²) in [4.78, 5) is 15.2. The van der Waals surface area contributed by atoms with E-state index in [-0.39, 0.29) is 30.1 Å². The third kappa shape index (κ3) is 7.40. The summed E-state index contributed by atoms with van der Waals surface area (Å²) in [5, 5.41) is 0. The highest BCUT2D eigenvalue weighted by molar-refractivity contribution is 7.89. The SMILES string of the molecule is CCCS(=O)(=O)N1CCN(C2(CCC(=O)c3ccc(F)cc3C(F)(F)F)CCCCCC2)CC1.Cl. The number of hydrogen-bond donors (Lipinski definition) is 0. The molecule has 1 aliphatic carbocycles. The summed E-state index contributed by atoms with van der Waals surface area (Å²) in [5.74, 6) is -1.55. The number of sulfonamides is 1. The van der Waals surface area contributed by atoms with Gasteiger partial charge in [-0.05, 0) is 43.9 Å². The zero-order valence-corrected chi connectivity index (χ0v) is 21.7. The molecule has 2 aliphatic rings. The Labute approximate surface area is 211 Å². The predicted molar refractivity (Wildman–Crippen MR) is 130 cm³/mol. The van der Waals surface area contributed by atoms with E-state index in [1.54, 1.807) is 0 Å². The van der Waals surface area contributed by atoms with Gasteiger partial charge in [0.25, 0.3) is 0 Å². The Morgan fingerprint density at radius 1 is 1.03 bits per heavy atom. The number of carbonyl (C=O) groups excluding carboxylic acids is 1. The number of carbonyl (C=O) groups is 1. The first kappa shape index (κ1) is 30.0. The Morgan fingerprint density at radius 2 is 1.63 bits per heavy atom. The molecule has 0 aromatic heterocycles. The lowest BCUT2D eigenvalue weighted by molar-refractivity contribution is -0.138. The molecular weight excluding hydrogens is 508 g/mol. The van der Waals surface area contributed by atoms with Crippen molar-refractivity contribution in [1.82, 2.24) is 9.21 Å². The largest absolute Gasteiger partial charge is 0.417 e. The average molecular weight is 543 g/mol. The van der Waals surface area contributed by atoms with Crippen molar-refractivity contribution in [2.45, 2.75) is 76.4 Å². The van der Waals surface area contributed by atoms with E-state index in [4.69, 9.17) is 0 Å². The molecule has 200 valence electrons. The molecule has 1 aliphatic heterocycles. The van der Waals surface area contributed by atoms with Crippen molar-refractivity contribution in [2.75, 3.05) is 31.9 Å². The van der Waals surface area contributed by atoms with Crippen LogP contribution in [-0.2, 0) is 16.2 Å². The van der Waals surface area contributed by atoms with E-state index < -0.39 is 38.9 Å². The third-order valence-electron chi connectivity index (χ3n) is 7.20. The molecule has 0 bridgehead atoms. The molecule has 11 heteroatoms. The maximum atomic E-state index is 13.5. The van der Waals surface area contributed by atoms with Gasteiger partial charge < -0.3 is 0 Å². The molecule has 0 radical (unpaired) electrons. The van der Waals surface area contributed by atoms with Crippen molar-refractivity contribution >= 4 is 28.2 Å². The highest BCUT2D eigenvalue weighted by Gasteiger charge is 2.41. The van der Waals surface area contributed by atoms with Crippen molar-refractivity contribution in [3.8, 4) is 0 Å². The minimum atomic E-state index is -4.81. The number of rotatable bonds is 8. The lowest BCUT2D eigenvalue weighted by Gasteiger charge is -2.48. The molecule has 1 heterocycles. The maximum absolute atomic E-state index is 13.5. The summed E-state index contributed by atoms with van der Waals surface area (Å²) >= 11 is 0. The van der Waals surface area contributed by atoms with Crippen LogP contribution in [0.4, 0.5) is 17.6 Å². The molecule has 1 saturated heterocycles. The van der Waals surface area contributed by atoms with Gasteiger partial charge in [-0.15, -0.1) is 12.4 Å². The van der Waals surface area contributed by atoms with E-state index in [1.165, 1.54) is 4.31 Å². The van der Waals surface area contributed by atoms with E-state index >= 15 is 0 Å². The van der Waals surface area contributed by atoms with Crippen LogP contribution in [0.15, 0.2) is 18.2 Å². The van der Waals surface area contributed by atoms with E-state index in [2.05, 4.69) is 4.90 Å². The quantitative estimate of drug-likeness (QED) is 0.241. The van der Waals surface area contributed by atoms with Gasteiger partial charge >= 0.3 is 6.18 Å². The van der Waals surface area contributed by atoms with Crippen molar-refractivity contribution < 1.29 is 30.8 Å².